The van der Waals surface area contributed by atoms with E-state index in [1.165, 1.54) is 6.20 Å². The minimum atomic E-state index is -0.176. The third-order valence-corrected chi connectivity index (χ3v) is 2.50. The van der Waals surface area contributed by atoms with Crippen molar-refractivity contribution in [1.82, 2.24) is 15.5 Å². The lowest BCUT2D eigenvalue weighted by molar-refractivity contribution is 0.0930. The van der Waals surface area contributed by atoms with Crippen LogP contribution in [0.5, 0.6) is 0 Å². The molecule has 15 heavy (non-hydrogen) atoms. The van der Waals surface area contributed by atoms with Crippen LogP contribution >= 0.6 is 0 Å². The molecule has 0 fully saturated rings. The van der Waals surface area contributed by atoms with E-state index in [-0.39, 0.29) is 11.9 Å². The number of anilines is 1. The number of nitrogens with one attached hydrogen (secondary N) is 2. The third-order valence-electron chi connectivity index (χ3n) is 2.50. The number of carbonyl (C=O) groups is 1. The molecule has 1 heterocycles. The minimum absolute atomic E-state index is 0.176. The lowest BCUT2D eigenvalue weighted by Gasteiger charge is -2.18. The summed E-state index contributed by atoms with van der Waals surface area (Å²) in [6.45, 7) is 0. The van der Waals surface area contributed by atoms with Gasteiger partial charge in [-0.1, -0.05) is 12.2 Å². The first-order valence-corrected chi connectivity index (χ1v) is 5.02. The normalized spacial score (nSPS) is 20.1. The molecular formula is C10H14N4O. The van der Waals surface area contributed by atoms with E-state index < -0.39 is 0 Å². The zero-order valence-corrected chi connectivity index (χ0v) is 8.36. The second-order valence-electron chi connectivity index (χ2n) is 3.66. The lowest BCUT2D eigenvalue weighted by Crippen LogP contribution is -2.35. The van der Waals surface area contributed by atoms with Crippen LogP contribution < -0.4 is 11.1 Å². The predicted molar refractivity (Wildman–Crippen MR) is 57.2 cm³/mol. The Balaban J connectivity index is 1.98. The van der Waals surface area contributed by atoms with Crippen molar-refractivity contribution in [1.29, 1.82) is 0 Å². The van der Waals surface area contributed by atoms with Crippen LogP contribution in [-0.2, 0) is 0 Å². The summed E-state index contributed by atoms with van der Waals surface area (Å²) in [5.74, 6) is -0.176. The van der Waals surface area contributed by atoms with Gasteiger partial charge in [-0.2, -0.15) is 5.10 Å². The van der Waals surface area contributed by atoms with Crippen molar-refractivity contribution in [3.05, 3.63) is 24.0 Å². The molecule has 80 valence electrons. The topological polar surface area (TPSA) is 83.8 Å². The van der Waals surface area contributed by atoms with Crippen LogP contribution in [-0.4, -0.2) is 22.1 Å². The fourth-order valence-electron chi connectivity index (χ4n) is 1.66. The molecule has 1 aromatic heterocycles. The molecule has 1 unspecified atom stereocenters. The number of nitrogens with zero attached hydrogens (tertiary/aromatic N) is 1. The van der Waals surface area contributed by atoms with Crippen LogP contribution in [0.1, 0.15) is 29.8 Å². The number of hydrogen-bond donors (Lipinski definition) is 3. The molecule has 1 amide bonds. The van der Waals surface area contributed by atoms with Gasteiger partial charge in [0.2, 0.25) is 0 Å². The molecule has 1 aliphatic rings. The van der Waals surface area contributed by atoms with Gasteiger partial charge in [-0.25, -0.2) is 0 Å². The maximum absolute atomic E-state index is 11.7. The summed E-state index contributed by atoms with van der Waals surface area (Å²) in [7, 11) is 0. The van der Waals surface area contributed by atoms with Gasteiger partial charge >= 0.3 is 0 Å². The van der Waals surface area contributed by atoms with Gasteiger partial charge in [0.25, 0.3) is 5.91 Å². The van der Waals surface area contributed by atoms with Crippen LogP contribution in [0, 0.1) is 0 Å². The van der Waals surface area contributed by atoms with E-state index in [9.17, 15) is 4.79 Å². The van der Waals surface area contributed by atoms with Crippen LogP contribution in [0.4, 0.5) is 5.69 Å². The number of hydrogen-bond acceptors (Lipinski definition) is 3. The zero-order chi connectivity index (χ0) is 10.7. The zero-order valence-electron chi connectivity index (χ0n) is 8.36. The molecule has 5 heteroatoms. The summed E-state index contributed by atoms with van der Waals surface area (Å²) in [5, 5.41) is 9.22. The third kappa shape index (κ3) is 2.18. The monoisotopic (exact) mass is 206 g/mol. The van der Waals surface area contributed by atoms with E-state index in [1.54, 1.807) is 0 Å². The highest BCUT2D eigenvalue weighted by atomic mass is 16.2. The summed E-state index contributed by atoms with van der Waals surface area (Å²) in [4.78, 5) is 11.7. The van der Waals surface area contributed by atoms with Crippen molar-refractivity contribution < 1.29 is 4.79 Å². The largest absolute Gasteiger partial charge is 0.396 e. The Morgan fingerprint density at radius 1 is 1.60 bits per heavy atom. The van der Waals surface area contributed by atoms with Gasteiger partial charge in [-0.3, -0.25) is 9.89 Å². The molecule has 1 aromatic rings. The highest BCUT2D eigenvalue weighted by Crippen LogP contribution is 2.12. The molecule has 0 aliphatic heterocycles. The fourth-order valence-corrected chi connectivity index (χ4v) is 1.66. The molecular weight excluding hydrogens is 192 g/mol. The summed E-state index contributed by atoms with van der Waals surface area (Å²) in [6, 6.07) is 0.213. The van der Waals surface area contributed by atoms with Crippen LogP contribution in [0.15, 0.2) is 18.3 Å². The number of allylic oxidation sites excluding steroid dienone is 1. The quantitative estimate of drug-likeness (QED) is 0.627. The van der Waals surface area contributed by atoms with E-state index >= 15 is 0 Å². The Morgan fingerprint density at radius 3 is 3.07 bits per heavy atom. The van der Waals surface area contributed by atoms with E-state index in [0.717, 1.165) is 19.3 Å². The molecule has 4 N–H and O–H groups in total. The molecule has 0 radical (unpaired) electrons. The number of nitrogens with two attached hydrogens (primary N) is 1. The Morgan fingerprint density at radius 2 is 2.47 bits per heavy atom. The van der Waals surface area contributed by atoms with Crippen molar-refractivity contribution in [2.24, 2.45) is 0 Å². The van der Waals surface area contributed by atoms with Gasteiger partial charge in [-0.15, -0.1) is 0 Å². The van der Waals surface area contributed by atoms with E-state index in [2.05, 4.69) is 27.7 Å². The standard InChI is InChI=1S/C10H14N4O/c11-8-6-12-14-9(8)10(15)13-7-4-2-1-3-5-7/h1-2,6-7H,3-5,11H2,(H,12,14)(H,13,15). The van der Waals surface area contributed by atoms with Crippen molar-refractivity contribution in [3.8, 4) is 0 Å². The molecule has 1 atom stereocenters. The number of amides is 1. The molecule has 0 bridgehead atoms. The average molecular weight is 206 g/mol. The van der Waals surface area contributed by atoms with E-state index in [1.807, 2.05) is 0 Å². The Bertz CT molecular complexity index is 383. The van der Waals surface area contributed by atoms with Gasteiger partial charge in [0.1, 0.15) is 5.69 Å². The van der Waals surface area contributed by atoms with Crippen molar-refractivity contribution >= 4 is 11.6 Å². The van der Waals surface area contributed by atoms with Crippen molar-refractivity contribution in [2.45, 2.75) is 25.3 Å². The van der Waals surface area contributed by atoms with E-state index in [4.69, 9.17) is 5.73 Å². The molecule has 1 aliphatic carbocycles. The molecule has 5 nitrogen and oxygen atoms in total. The van der Waals surface area contributed by atoms with Crippen LogP contribution in [0.3, 0.4) is 0 Å². The van der Waals surface area contributed by atoms with Crippen molar-refractivity contribution in [2.75, 3.05) is 5.73 Å². The second kappa shape index (κ2) is 4.16. The van der Waals surface area contributed by atoms with Gasteiger partial charge in [0.05, 0.1) is 11.9 Å². The van der Waals surface area contributed by atoms with Crippen molar-refractivity contribution in [3.63, 3.8) is 0 Å². The van der Waals surface area contributed by atoms with E-state index in [0.29, 0.717) is 11.4 Å². The maximum atomic E-state index is 11.7. The Hall–Kier alpha value is -1.78. The summed E-state index contributed by atoms with van der Waals surface area (Å²) in [5.41, 5.74) is 6.32. The van der Waals surface area contributed by atoms with Gasteiger partial charge in [0, 0.05) is 6.04 Å². The first-order chi connectivity index (χ1) is 7.27. The van der Waals surface area contributed by atoms with Gasteiger partial charge in [0.15, 0.2) is 0 Å². The lowest BCUT2D eigenvalue weighted by atomic mass is 10.0. The Kier molecular flexibility index (Phi) is 2.71. The first kappa shape index (κ1) is 9.76. The van der Waals surface area contributed by atoms with Crippen LogP contribution in [0.2, 0.25) is 0 Å². The average Bonchev–Trinajstić information content (AvgIpc) is 2.66. The Labute approximate surface area is 87.7 Å². The summed E-state index contributed by atoms with van der Waals surface area (Å²) < 4.78 is 0. The molecule has 2 rings (SSSR count). The summed E-state index contributed by atoms with van der Waals surface area (Å²) in [6.07, 6.45) is 8.55. The van der Waals surface area contributed by atoms with Gasteiger partial charge < -0.3 is 11.1 Å². The van der Waals surface area contributed by atoms with Crippen LogP contribution in [0.25, 0.3) is 0 Å². The highest BCUT2D eigenvalue weighted by Gasteiger charge is 2.16. The molecule has 0 aromatic carbocycles. The SMILES string of the molecule is Nc1cn[nH]c1C(=O)NC1CC=CCC1. The minimum Gasteiger partial charge on any atom is -0.396 e. The summed E-state index contributed by atoms with van der Waals surface area (Å²) >= 11 is 0. The fraction of sp³-hybridized carbons (Fsp3) is 0.400. The number of aromatic nitrogens is 2. The number of aromatic amines is 1. The first-order valence-electron chi connectivity index (χ1n) is 5.02. The molecule has 0 spiro atoms. The number of H-pyrrole nitrogens is 1. The number of nitrogen functional groups attached to an aromatic ring is 1. The van der Waals surface area contributed by atoms with Gasteiger partial charge in [-0.05, 0) is 19.3 Å². The number of carbonyl (C=O) groups excluding carboxylic acids is 1. The second-order valence-corrected chi connectivity index (χ2v) is 3.66. The smallest absolute Gasteiger partial charge is 0.271 e. The number of rotatable bonds is 2. The molecule has 0 saturated carbocycles. The maximum Gasteiger partial charge on any atom is 0.271 e. The highest BCUT2D eigenvalue weighted by molar-refractivity contribution is 5.97. The predicted octanol–water partition coefficient (Wildman–Crippen LogP) is 0.830. The molecule has 0 saturated heterocycles.